The maximum Gasteiger partial charge on any atom is 0.255 e. The quantitative estimate of drug-likeness (QED) is 0.565. The fraction of sp³-hybridized carbons (Fsp3) is 0.227. The Morgan fingerprint density at radius 2 is 1.94 bits per heavy atom. The van der Waals surface area contributed by atoms with Crippen molar-refractivity contribution in [3.05, 3.63) is 65.4 Å². The maximum absolute atomic E-state index is 13.4. The van der Waals surface area contributed by atoms with Crippen LogP contribution in [0.25, 0.3) is 0 Å². The molecule has 1 atom stereocenters. The average molecular weight is 438 g/mol. The molecule has 2 heterocycles. The summed E-state index contributed by atoms with van der Waals surface area (Å²) in [5.74, 6) is 1.59. The predicted octanol–water partition coefficient (Wildman–Crippen LogP) is 3.94. The van der Waals surface area contributed by atoms with Gasteiger partial charge in [0.25, 0.3) is 5.91 Å². The molecule has 0 bridgehead atoms. The van der Waals surface area contributed by atoms with Gasteiger partial charge in [0, 0.05) is 23.0 Å². The first-order valence-corrected chi connectivity index (χ1v) is 10.8. The normalized spacial score (nSPS) is 15.2. The lowest BCUT2D eigenvalue weighted by Gasteiger charge is -2.29. The van der Waals surface area contributed by atoms with Crippen LogP contribution in [0.5, 0.6) is 11.5 Å². The van der Waals surface area contributed by atoms with Gasteiger partial charge in [-0.25, -0.2) is 4.68 Å². The molecule has 1 aromatic heterocycles. The summed E-state index contributed by atoms with van der Waals surface area (Å²) in [6, 6.07) is 14.3. The van der Waals surface area contributed by atoms with Gasteiger partial charge in [0.1, 0.15) is 17.5 Å². The summed E-state index contributed by atoms with van der Waals surface area (Å²) in [6.45, 7) is 1.86. The second-order valence-electron chi connectivity index (χ2n) is 6.86. The first kappa shape index (κ1) is 20.8. The molecule has 0 aliphatic carbocycles. The summed E-state index contributed by atoms with van der Waals surface area (Å²) >= 11 is 1.44. The predicted molar refractivity (Wildman–Crippen MR) is 121 cm³/mol. The summed E-state index contributed by atoms with van der Waals surface area (Å²) in [7, 11) is 3.19. The Kier molecular flexibility index (Phi) is 5.85. The van der Waals surface area contributed by atoms with Gasteiger partial charge in [-0.05, 0) is 37.4 Å². The molecule has 3 aromatic rings. The first-order chi connectivity index (χ1) is 15.0. The number of nitrogens with zero attached hydrogens (tertiary/aromatic N) is 3. The maximum atomic E-state index is 13.4. The lowest BCUT2D eigenvalue weighted by Crippen LogP contribution is -2.31. The third kappa shape index (κ3) is 3.96. The summed E-state index contributed by atoms with van der Waals surface area (Å²) < 4.78 is 12.7. The van der Waals surface area contributed by atoms with Crippen molar-refractivity contribution in [1.29, 1.82) is 0 Å². The van der Waals surface area contributed by atoms with Crippen molar-refractivity contribution in [2.24, 2.45) is 0 Å². The number of hydrogen-bond donors (Lipinski definition) is 2. The molecule has 0 saturated carbocycles. The Morgan fingerprint density at radius 3 is 2.61 bits per heavy atom. The highest BCUT2D eigenvalue weighted by Crippen LogP contribution is 2.41. The Morgan fingerprint density at radius 1 is 1.16 bits per heavy atom. The van der Waals surface area contributed by atoms with Crippen LogP contribution in [0, 0.1) is 0 Å². The van der Waals surface area contributed by atoms with E-state index in [0.29, 0.717) is 39.6 Å². The molecule has 2 aromatic carbocycles. The number of amides is 1. The van der Waals surface area contributed by atoms with Crippen molar-refractivity contribution >= 4 is 29.3 Å². The van der Waals surface area contributed by atoms with Gasteiger partial charge in [-0.15, -0.1) is 5.10 Å². The van der Waals surface area contributed by atoms with Crippen LogP contribution in [0.4, 0.5) is 11.6 Å². The molecule has 1 aliphatic heterocycles. The molecular weight excluding hydrogens is 414 g/mol. The number of benzene rings is 2. The zero-order valence-corrected chi connectivity index (χ0v) is 18.5. The van der Waals surface area contributed by atoms with Crippen LogP contribution in [0.15, 0.2) is 65.0 Å². The van der Waals surface area contributed by atoms with Gasteiger partial charge in [-0.3, -0.25) is 4.79 Å². The van der Waals surface area contributed by atoms with E-state index in [1.165, 1.54) is 11.8 Å². The van der Waals surface area contributed by atoms with Crippen molar-refractivity contribution in [2.75, 3.05) is 31.1 Å². The van der Waals surface area contributed by atoms with Crippen molar-refractivity contribution < 1.29 is 14.3 Å². The van der Waals surface area contributed by atoms with E-state index in [4.69, 9.17) is 9.47 Å². The molecule has 0 unspecified atom stereocenters. The molecule has 31 heavy (non-hydrogen) atoms. The number of thioether (sulfide) groups is 1. The second kappa shape index (κ2) is 8.73. The van der Waals surface area contributed by atoms with Gasteiger partial charge in [-0.1, -0.05) is 30.0 Å². The monoisotopic (exact) mass is 437 g/mol. The van der Waals surface area contributed by atoms with Crippen molar-refractivity contribution in [3.8, 4) is 11.5 Å². The lowest BCUT2D eigenvalue weighted by atomic mass is 9.94. The van der Waals surface area contributed by atoms with Crippen LogP contribution in [-0.2, 0) is 4.79 Å². The molecule has 8 nitrogen and oxygen atoms in total. The molecule has 0 radical (unpaired) electrons. The zero-order valence-electron chi connectivity index (χ0n) is 17.7. The number of fused-ring (bicyclic) bond motifs is 1. The first-order valence-electron chi connectivity index (χ1n) is 9.62. The van der Waals surface area contributed by atoms with Gasteiger partial charge < -0.3 is 20.1 Å². The van der Waals surface area contributed by atoms with Crippen LogP contribution in [0.2, 0.25) is 0 Å². The van der Waals surface area contributed by atoms with Crippen LogP contribution in [0.3, 0.4) is 0 Å². The van der Waals surface area contributed by atoms with Gasteiger partial charge in [-0.2, -0.15) is 4.98 Å². The average Bonchev–Trinajstić information content (AvgIpc) is 3.21. The molecule has 1 amide bonds. The lowest BCUT2D eigenvalue weighted by molar-refractivity contribution is -0.113. The molecule has 4 rings (SSSR count). The SMILES string of the molecule is COc1ccc([C@@H]2C(C(=O)Nc3ccccc3)=C(C)Nc3nc(SC)nn32)c(OC)c1. The third-order valence-electron chi connectivity index (χ3n) is 5.03. The van der Waals surface area contributed by atoms with E-state index in [-0.39, 0.29) is 5.91 Å². The Labute approximate surface area is 184 Å². The van der Waals surface area contributed by atoms with Crippen molar-refractivity contribution in [1.82, 2.24) is 14.8 Å². The fourth-order valence-electron chi connectivity index (χ4n) is 3.56. The highest BCUT2D eigenvalue weighted by molar-refractivity contribution is 7.98. The number of carbonyl (C=O) groups is 1. The molecule has 2 N–H and O–H groups in total. The second-order valence-corrected chi connectivity index (χ2v) is 7.63. The summed E-state index contributed by atoms with van der Waals surface area (Å²) in [4.78, 5) is 18.0. The van der Waals surface area contributed by atoms with E-state index < -0.39 is 6.04 Å². The number of allylic oxidation sites excluding steroid dienone is 1. The Bertz CT molecular complexity index is 1140. The van der Waals surface area contributed by atoms with E-state index in [9.17, 15) is 4.79 Å². The number of ether oxygens (including phenoxy) is 2. The Balaban J connectivity index is 1.85. The number of aromatic nitrogens is 3. The standard InChI is InChI=1S/C22H23N5O3S/c1-13-18(20(28)24-14-8-6-5-7-9-14)19(27-21(23-13)25-22(26-27)31-4)16-11-10-15(29-2)12-17(16)30-3/h5-12,19H,1-4H3,(H,24,28)(H,23,25,26)/t19-/m1/s1. The van der Waals surface area contributed by atoms with Gasteiger partial charge >= 0.3 is 0 Å². The molecule has 9 heteroatoms. The minimum Gasteiger partial charge on any atom is -0.497 e. The van der Waals surface area contributed by atoms with Crippen LogP contribution in [-0.4, -0.2) is 41.1 Å². The highest BCUT2D eigenvalue weighted by Gasteiger charge is 2.36. The number of nitrogens with one attached hydrogen (secondary N) is 2. The van der Waals surface area contributed by atoms with E-state index in [2.05, 4.69) is 20.7 Å². The van der Waals surface area contributed by atoms with Gasteiger partial charge in [0.05, 0.1) is 19.8 Å². The smallest absolute Gasteiger partial charge is 0.255 e. The summed E-state index contributed by atoms with van der Waals surface area (Å²) in [5, 5.41) is 11.4. The van der Waals surface area contributed by atoms with Crippen LogP contribution < -0.4 is 20.1 Å². The molecular formula is C22H23N5O3S. The van der Waals surface area contributed by atoms with E-state index in [0.717, 1.165) is 5.56 Å². The van der Waals surface area contributed by atoms with Crippen molar-refractivity contribution in [3.63, 3.8) is 0 Å². The number of carbonyl (C=O) groups excluding carboxylic acids is 1. The summed E-state index contributed by atoms with van der Waals surface area (Å²) in [6.07, 6.45) is 1.91. The van der Waals surface area contributed by atoms with Gasteiger partial charge in [0.2, 0.25) is 11.1 Å². The minimum atomic E-state index is -0.533. The fourth-order valence-corrected chi connectivity index (χ4v) is 3.91. The topological polar surface area (TPSA) is 90.3 Å². The number of methoxy groups -OCH3 is 2. The molecule has 0 spiro atoms. The molecule has 160 valence electrons. The highest BCUT2D eigenvalue weighted by atomic mass is 32.2. The van der Waals surface area contributed by atoms with Crippen molar-refractivity contribution in [2.45, 2.75) is 18.1 Å². The molecule has 0 saturated heterocycles. The number of anilines is 2. The minimum absolute atomic E-state index is 0.231. The van der Waals surface area contributed by atoms with Gasteiger partial charge in [0.15, 0.2) is 0 Å². The number of hydrogen-bond acceptors (Lipinski definition) is 7. The van der Waals surface area contributed by atoms with E-state index in [1.54, 1.807) is 25.0 Å². The number of rotatable bonds is 6. The third-order valence-corrected chi connectivity index (χ3v) is 5.57. The zero-order chi connectivity index (χ0) is 22.0. The van der Waals surface area contributed by atoms with E-state index >= 15 is 0 Å². The molecule has 1 aliphatic rings. The Hall–Kier alpha value is -3.46. The van der Waals surface area contributed by atoms with Crippen LogP contribution in [0.1, 0.15) is 18.5 Å². The molecule has 0 fully saturated rings. The summed E-state index contributed by atoms with van der Waals surface area (Å²) in [5.41, 5.74) is 2.71. The van der Waals surface area contributed by atoms with E-state index in [1.807, 2.05) is 55.6 Å². The van der Waals surface area contributed by atoms with Crippen LogP contribution >= 0.6 is 11.8 Å². The number of para-hydroxylation sites is 1. The largest absolute Gasteiger partial charge is 0.497 e.